The number of phenolic OH excluding ortho intramolecular Hbond substituents is 2. The van der Waals surface area contributed by atoms with E-state index in [4.69, 9.17) is 10.2 Å². The van der Waals surface area contributed by atoms with Gasteiger partial charge in [0.25, 0.3) is 0 Å². The summed E-state index contributed by atoms with van der Waals surface area (Å²) in [5, 5.41) is 27.0. The first kappa shape index (κ1) is 9.80. The third kappa shape index (κ3) is 1.89. The van der Waals surface area contributed by atoms with E-state index in [1.54, 1.807) is 6.92 Å². The Labute approximate surface area is 75.1 Å². The summed E-state index contributed by atoms with van der Waals surface area (Å²) in [4.78, 5) is 0. The number of hydrogen-bond acceptors (Lipinski definition) is 3. The van der Waals surface area contributed by atoms with E-state index < -0.39 is 11.6 Å². The lowest BCUT2D eigenvalue weighted by Crippen LogP contribution is -1.99. The molecular formula is C9H11FO3. The topological polar surface area (TPSA) is 60.7 Å². The second-order valence-corrected chi connectivity index (χ2v) is 2.95. The van der Waals surface area contributed by atoms with Crippen LogP contribution in [-0.2, 0) is 0 Å². The molecule has 0 aliphatic rings. The third-order valence-electron chi connectivity index (χ3n) is 1.90. The Balaban J connectivity index is 3.15. The molecule has 0 aromatic heterocycles. The van der Waals surface area contributed by atoms with E-state index in [-0.39, 0.29) is 18.3 Å². The molecule has 13 heavy (non-hydrogen) atoms. The van der Waals surface area contributed by atoms with Crippen molar-refractivity contribution in [3.8, 4) is 11.5 Å². The summed E-state index contributed by atoms with van der Waals surface area (Å²) in [6, 6.07) is 1.95. The van der Waals surface area contributed by atoms with E-state index in [1.807, 2.05) is 0 Å². The van der Waals surface area contributed by atoms with E-state index in [0.29, 0.717) is 5.56 Å². The van der Waals surface area contributed by atoms with Gasteiger partial charge in [0.05, 0.1) is 0 Å². The van der Waals surface area contributed by atoms with Crippen LogP contribution >= 0.6 is 0 Å². The van der Waals surface area contributed by atoms with Crippen LogP contribution in [0.25, 0.3) is 0 Å². The molecule has 0 spiro atoms. The third-order valence-corrected chi connectivity index (χ3v) is 1.90. The first-order chi connectivity index (χ1) is 6.06. The van der Waals surface area contributed by atoms with Crippen LogP contribution in [0, 0.1) is 5.82 Å². The van der Waals surface area contributed by atoms with Gasteiger partial charge in [-0.2, -0.15) is 0 Å². The van der Waals surface area contributed by atoms with E-state index in [1.165, 1.54) is 0 Å². The van der Waals surface area contributed by atoms with Crippen LogP contribution in [0.5, 0.6) is 11.5 Å². The minimum absolute atomic E-state index is 0.168. The van der Waals surface area contributed by atoms with Gasteiger partial charge in [-0.1, -0.05) is 6.92 Å². The summed E-state index contributed by atoms with van der Waals surface area (Å²) >= 11 is 0. The van der Waals surface area contributed by atoms with Crippen LogP contribution in [0.3, 0.4) is 0 Å². The van der Waals surface area contributed by atoms with Gasteiger partial charge >= 0.3 is 0 Å². The number of halogens is 1. The van der Waals surface area contributed by atoms with Crippen molar-refractivity contribution in [2.24, 2.45) is 0 Å². The first-order valence-corrected chi connectivity index (χ1v) is 3.88. The fourth-order valence-electron chi connectivity index (χ4n) is 1.06. The van der Waals surface area contributed by atoms with Crippen LogP contribution in [0.4, 0.5) is 4.39 Å². The van der Waals surface area contributed by atoms with E-state index in [0.717, 1.165) is 12.1 Å². The molecule has 3 nitrogen and oxygen atoms in total. The SMILES string of the molecule is CC(CO)c1cc(O)c(F)cc1O. The molecule has 1 unspecified atom stereocenters. The number of rotatable bonds is 2. The Bertz CT molecular complexity index is 312. The van der Waals surface area contributed by atoms with E-state index in [9.17, 15) is 9.50 Å². The van der Waals surface area contributed by atoms with Crippen molar-refractivity contribution < 1.29 is 19.7 Å². The predicted octanol–water partition coefficient (Wildman–Crippen LogP) is 1.33. The van der Waals surface area contributed by atoms with Crippen molar-refractivity contribution in [3.63, 3.8) is 0 Å². The number of aliphatic hydroxyl groups excluding tert-OH is 1. The van der Waals surface area contributed by atoms with Gasteiger partial charge in [0.15, 0.2) is 11.6 Å². The summed E-state index contributed by atoms with van der Waals surface area (Å²) in [5.41, 5.74) is 0.335. The monoisotopic (exact) mass is 186 g/mol. The second-order valence-electron chi connectivity index (χ2n) is 2.95. The molecule has 0 radical (unpaired) electrons. The molecule has 0 fully saturated rings. The molecule has 0 saturated carbocycles. The maximum absolute atomic E-state index is 12.7. The Morgan fingerprint density at radius 2 is 1.92 bits per heavy atom. The van der Waals surface area contributed by atoms with Gasteiger partial charge in [0, 0.05) is 24.2 Å². The fourth-order valence-corrected chi connectivity index (χ4v) is 1.06. The van der Waals surface area contributed by atoms with E-state index in [2.05, 4.69) is 0 Å². The lowest BCUT2D eigenvalue weighted by molar-refractivity contribution is 0.270. The summed E-state index contributed by atoms with van der Waals surface area (Å²) in [5.74, 6) is -1.97. The molecule has 0 amide bonds. The zero-order chi connectivity index (χ0) is 10.0. The van der Waals surface area contributed by atoms with Crippen molar-refractivity contribution in [2.75, 3.05) is 6.61 Å². The molecule has 1 atom stereocenters. The summed E-state index contributed by atoms with van der Waals surface area (Å²) in [6.07, 6.45) is 0. The fraction of sp³-hybridized carbons (Fsp3) is 0.333. The highest BCUT2D eigenvalue weighted by molar-refractivity contribution is 5.41. The van der Waals surface area contributed by atoms with Crippen molar-refractivity contribution in [1.82, 2.24) is 0 Å². The average Bonchev–Trinajstić information content (AvgIpc) is 2.10. The highest BCUT2D eigenvalue weighted by atomic mass is 19.1. The van der Waals surface area contributed by atoms with Gasteiger partial charge in [-0.05, 0) is 6.07 Å². The molecule has 4 heteroatoms. The van der Waals surface area contributed by atoms with Gasteiger partial charge in [-0.3, -0.25) is 0 Å². The Morgan fingerprint density at radius 1 is 1.31 bits per heavy atom. The first-order valence-electron chi connectivity index (χ1n) is 3.88. The van der Waals surface area contributed by atoms with Gasteiger partial charge in [-0.25, -0.2) is 4.39 Å². The Hall–Kier alpha value is -1.29. The smallest absolute Gasteiger partial charge is 0.168 e. The van der Waals surface area contributed by atoms with Crippen molar-refractivity contribution in [3.05, 3.63) is 23.5 Å². The number of hydrogen-bond donors (Lipinski definition) is 3. The van der Waals surface area contributed by atoms with Gasteiger partial charge in [0.2, 0.25) is 0 Å². The Morgan fingerprint density at radius 3 is 2.46 bits per heavy atom. The molecule has 0 saturated heterocycles. The average molecular weight is 186 g/mol. The number of aromatic hydroxyl groups is 2. The maximum atomic E-state index is 12.7. The molecule has 0 aliphatic heterocycles. The number of phenols is 2. The molecule has 0 bridgehead atoms. The van der Waals surface area contributed by atoms with Crippen molar-refractivity contribution in [1.29, 1.82) is 0 Å². The van der Waals surface area contributed by atoms with Crippen LogP contribution in [0.2, 0.25) is 0 Å². The van der Waals surface area contributed by atoms with Crippen LogP contribution < -0.4 is 0 Å². The van der Waals surface area contributed by atoms with Gasteiger partial charge in [-0.15, -0.1) is 0 Å². The highest BCUT2D eigenvalue weighted by Gasteiger charge is 2.13. The minimum atomic E-state index is -0.869. The lowest BCUT2D eigenvalue weighted by Gasteiger charge is -2.10. The predicted molar refractivity (Wildman–Crippen MR) is 45.2 cm³/mol. The molecule has 1 rings (SSSR count). The van der Waals surface area contributed by atoms with Crippen molar-refractivity contribution in [2.45, 2.75) is 12.8 Å². The zero-order valence-corrected chi connectivity index (χ0v) is 7.16. The summed E-state index contributed by atoms with van der Waals surface area (Å²) in [6.45, 7) is 1.49. The highest BCUT2D eigenvalue weighted by Crippen LogP contribution is 2.30. The van der Waals surface area contributed by atoms with E-state index >= 15 is 0 Å². The van der Waals surface area contributed by atoms with Crippen LogP contribution in [-0.4, -0.2) is 21.9 Å². The molecule has 3 N–H and O–H groups in total. The minimum Gasteiger partial charge on any atom is -0.508 e. The maximum Gasteiger partial charge on any atom is 0.168 e. The zero-order valence-electron chi connectivity index (χ0n) is 7.16. The molecule has 1 aromatic carbocycles. The standard InChI is InChI=1S/C9H11FO3/c1-5(4-11)6-2-9(13)7(10)3-8(6)12/h2-3,5,11-13H,4H2,1H3. The van der Waals surface area contributed by atoms with Crippen LogP contribution in [0.1, 0.15) is 18.4 Å². The molecule has 1 aromatic rings. The summed E-state index contributed by atoms with van der Waals surface area (Å²) in [7, 11) is 0. The molecular weight excluding hydrogens is 175 g/mol. The number of benzene rings is 1. The molecule has 0 heterocycles. The lowest BCUT2D eigenvalue weighted by atomic mass is 10.0. The normalized spacial score (nSPS) is 12.8. The van der Waals surface area contributed by atoms with Gasteiger partial charge < -0.3 is 15.3 Å². The van der Waals surface area contributed by atoms with Gasteiger partial charge in [0.1, 0.15) is 5.75 Å². The second kappa shape index (κ2) is 3.62. The largest absolute Gasteiger partial charge is 0.508 e. The summed E-state index contributed by atoms with van der Waals surface area (Å²) < 4.78 is 12.7. The van der Waals surface area contributed by atoms with Crippen molar-refractivity contribution >= 4 is 0 Å². The van der Waals surface area contributed by atoms with Crippen LogP contribution in [0.15, 0.2) is 12.1 Å². The quantitative estimate of drug-likeness (QED) is 0.610. The molecule has 0 aliphatic carbocycles. The Kier molecular flexibility index (Phi) is 2.72. The number of aliphatic hydroxyl groups is 1. The molecule has 72 valence electrons.